The zero-order chi connectivity index (χ0) is 15.8. The van der Waals surface area contributed by atoms with Gasteiger partial charge in [0.05, 0.1) is 6.61 Å². The van der Waals surface area contributed by atoms with Gasteiger partial charge in [0.1, 0.15) is 0 Å². The van der Waals surface area contributed by atoms with Gasteiger partial charge in [-0.1, -0.05) is 90.4 Å². The van der Waals surface area contributed by atoms with Crippen molar-refractivity contribution in [2.45, 2.75) is 96.8 Å². The van der Waals surface area contributed by atoms with E-state index in [0.29, 0.717) is 6.42 Å². The van der Waals surface area contributed by atoms with Gasteiger partial charge in [-0.15, -0.1) is 0 Å². The van der Waals surface area contributed by atoms with Gasteiger partial charge in [-0.05, 0) is 6.42 Å². The molecule has 0 saturated carbocycles. The van der Waals surface area contributed by atoms with Gasteiger partial charge in [-0.2, -0.15) is 8.42 Å². The molecule has 0 aliphatic carbocycles. The van der Waals surface area contributed by atoms with Crippen molar-refractivity contribution in [2.75, 3.05) is 6.61 Å². The molecule has 0 aliphatic heterocycles. The van der Waals surface area contributed by atoms with Crippen molar-refractivity contribution in [1.82, 2.24) is 0 Å². The molecule has 0 spiro atoms. The first-order valence-corrected chi connectivity index (χ1v) is 10.0. The van der Waals surface area contributed by atoms with Crippen LogP contribution in [0.2, 0.25) is 0 Å². The standard InChI is InChI=1S/C16H34O4S.Ga.3H/c1-2-3-4-5-6-7-8-9-10-11-12-13-14-15-16-20-21(17,18)19;;;;/h2-16H2,1H3,(H,17,18,19);;;;. The molecular formula is C16H37GaO4S. The molecular weight excluding hydrogens is 358 g/mol. The molecule has 0 bridgehead atoms. The Kier molecular flexibility index (Phi) is 20.1. The predicted molar refractivity (Wildman–Crippen MR) is 97.8 cm³/mol. The number of rotatable bonds is 16. The fourth-order valence-electron chi connectivity index (χ4n) is 2.46. The van der Waals surface area contributed by atoms with Gasteiger partial charge in [0.15, 0.2) is 0 Å². The molecule has 0 aromatic carbocycles. The average Bonchev–Trinajstić information content (AvgIpc) is 2.42. The van der Waals surface area contributed by atoms with E-state index < -0.39 is 10.4 Å². The fourth-order valence-corrected chi connectivity index (χ4v) is 2.79. The second-order valence-electron chi connectivity index (χ2n) is 5.85. The van der Waals surface area contributed by atoms with Crippen molar-refractivity contribution in [3.63, 3.8) is 0 Å². The van der Waals surface area contributed by atoms with Crippen LogP contribution in [0.3, 0.4) is 0 Å². The van der Waals surface area contributed by atoms with Gasteiger partial charge in [0, 0.05) is 0 Å². The third-order valence-electron chi connectivity index (χ3n) is 3.73. The van der Waals surface area contributed by atoms with E-state index in [2.05, 4.69) is 11.1 Å². The van der Waals surface area contributed by atoms with Crippen LogP contribution in [0.4, 0.5) is 0 Å². The van der Waals surface area contributed by atoms with Crippen molar-refractivity contribution in [3.8, 4) is 0 Å². The van der Waals surface area contributed by atoms with E-state index in [1.165, 1.54) is 70.6 Å². The number of hydrogen-bond donors (Lipinski definition) is 1. The average molecular weight is 395 g/mol. The normalized spacial score (nSPS) is 11.4. The Hall–Kier alpha value is 0.506. The second kappa shape index (κ2) is 17.9. The van der Waals surface area contributed by atoms with Crippen LogP contribution in [0.25, 0.3) is 0 Å². The van der Waals surface area contributed by atoms with E-state index in [9.17, 15) is 8.42 Å². The summed E-state index contributed by atoms with van der Waals surface area (Å²) in [6.07, 6.45) is 17.6. The maximum atomic E-state index is 10.3. The predicted octanol–water partition coefficient (Wildman–Crippen LogP) is 4.10. The molecule has 0 unspecified atom stereocenters. The van der Waals surface area contributed by atoms with Crippen molar-refractivity contribution >= 4 is 30.2 Å². The van der Waals surface area contributed by atoms with Crippen LogP contribution in [0, 0.1) is 0 Å². The topological polar surface area (TPSA) is 63.6 Å². The Labute approximate surface area is 150 Å². The van der Waals surface area contributed by atoms with E-state index in [4.69, 9.17) is 4.55 Å². The monoisotopic (exact) mass is 394 g/mol. The molecule has 134 valence electrons. The molecule has 0 amide bonds. The summed E-state index contributed by atoms with van der Waals surface area (Å²) in [6.45, 7) is 2.35. The first-order valence-electron chi connectivity index (χ1n) is 8.68. The summed E-state index contributed by atoms with van der Waals surface area (Å²) in [5.41, 5.74) is 0. The molecule has 0 atom stereocenters. The summed E-state index contributed by atoms with van der Waals surface area (Å²) in [6, 6.07) is 0. The Morgan fingerprint density at radius 2 is 1.00 bits per heavy atom. The molecule has 6 heteroatoms. The molecule has 0 radical (unpaired) electrons. The van der Waals surface area contributed by atoms with Crippen LogP contribution in [0.5, 0.6) is 0 Å². The van der Waals surface area contributed by atoms with Gasteiger partial charge in [0.25, 0.3) is 0 Å². The van der Waals surface area contributed by atoms with Gasteiger partial charge in [-0.25, -0.2) is 4.18 Å². The summed E-state index contributed by atoms with van der Waals surface area (Å²) in [7, 11) is -4.24. The molecule has 0 rings (SSSR count). The zero-order valence-electron chi connectivity index (χ0n) is 13.7. The zero-order valence-corrected chi connectivity index (χ0v) is 14.5. The Morgan fingerprint density at radius 3 is 1.32 bits per heavy atom. The third kappa shape index (κ3) is 22.8. The van der Waals surface area contributed by atoms with Gasteiger partial charge in [-0.3, -0.25) is 4.55 Å². The SMILES string of the molecule is CCCCCCCCCCCCCCCCOS(=O)(=O)O.[GaH3]. The molecule has 4 nitrogen and oxygen atoms in total. The van der Waals surface area contributed by atoms with Crippen molar-refractivity contribution < 1.29 is 17.2 Å². The summed E-state index contributed by atoms with van der Waals surface area (Å²) >= 11 is 0. The minimum absolute atomic E-state index is 0. The van der Waals surface area contributed by atoms with Crippen LogP contribution in [0.15, 0.2) is 0 Å². The molecule has 0 saturated heterocycles. The van der Waals surface area contributed by atoms with Crippen LogP contribution in [0.1, 0.15) is 96.8 Å². The van der Waals surface area contributed by atoms with E-state index in [1.807, 2.05) is 0 Å². The van der Waals surface area contributed by atoms with E-state index in [-0.39, 0.29) is 26.4 Å². The van der Waals surface area contributed by atoms with Crippen LogP contribution >= 0.6 is 0 Å². The van der Waals surface area contributed by atoms with E-state index >= 15 is 0 Å². The van der Waals surface area contributed by atoms with Crippen molar-refractivity contribution in [1.29, 1.82) is 0 Å². The Morgan fingerprint density at radius 1 is 0.682 bits per heavy atom. The molecule has 0 aliphatic rings. The first kappa shape index (κ1) is 24.8. The van der Waals surface area contributed by atoms with Gasteiger partial charge in [0.2, 0.25) is 0 Å². The number of unbranched alkanes of at least 4 members (excludes halogenated alkanes) is 13. The van der Waals surface area contributed by atoms with Crippen LogP contribution in [-0.2, 0) is 14.6 Å². The van der Waals surface area contributed by atoms with E-state index in [1.54, 1.807) is 0 Å². The molecule has 0 aromatic heterocycles. The van der Waals surface area contributed by atoms with E-state index in [0.717, 1.165) is 12.8 Å². The maximum absolute atomic E-state index is 10.3. The quantitative estimate of drug-likeness (QED) is 0.243. The fraction of sp³-hybridized carbons (Fsp3) is 1.00. The molecule has 0 heterocycles. The second-order valence-corrected chi connectivity index (χ2v) is 6.94. The summed E-state index contributed by atoms with van der Waals surface area (Å²) in [5, 5.41) is 0. The summed E-state index contributed by atoms with van der Waals surface area (Å²) in [4.78, 5) is 0. The third-order valence-corrected chi connectivity index (χ3v) is 4.19. The van der Waals surface area contributed by atoms with Crippen molar-refractivity contribution in [3.05, 3.63) is 0 Å². The Balaban J connectivity index is 0. The molecule has 0 fully saturated rings. The van der Waals surface area contributed by atoms with Crippen LogP contribution < -0.4 is 0 Å². The number of hydrogen-bond acceptors (Lipinski definition) is 3. The van der Waals surface area contributed by atoms with Gasteiger partial charge < -0.3 is 0 Å². The van der Waals surface area contributed by atoms with Gasteiger partial charge >= 0.3 is 30.2 Å². The molecule has 0 aromatic rings. The molecule has 1 N–H and O–H groups in total. The van der Waals surface area contributed by atoms with Crippen LogP contribution in [-0.4, -0.2) is 39.4 Å². The minimum atomic E-state index is -4.24. The van der Waals surface area contributed by atoms with Crippen molar-refractivity contribution in [2.24, 2.45) is 0 Å². The summed E-state index contributed by atoms with van der Waals surface area (Å²) in [5.74, 6) is 0. The summed E-state index contributed by atoms with van der Waals surface area (Å²) < 4.78 is 33.2. The first-order chi connectivity index (χ1) is 10.1. The molecule has 22 heavy (non-hydrogen) atoms. The Bertz CT molecular complexity index is 307.